The number of rotatable bonds is 5. The molecule has 4 rings (SSSR count). The molecule has 0 aliphatic carbocycles. The molecule has 4 nitrogen and oxygen atoms in total. The second-order valence-electron chi connectivity index (χ2n) is 6.84. The van der Waals surface area contributed by atoms with E-state index in [4.69, 9.17) is 4.52 Å². The van der Waals surface area contributed by atoms with Crippen molar-refractivity contribution in [2.24, 2.45) is 0 Å². The first kappa shape index (κ1) is 16.9. The Hall–Kier alpha value is -2.53. The molecule has 1 atom stereocenters. The van der Waals surface area contributed by atoms with Crippen LogP contribution in [0.1, 0.15) is 30.2 Å². The average Bonchev–Trinajstić information content (AvgIpc) is 3.18. The van der Waals surface area contributed by atoms with Crippen molar-refractivity contribution < 1.29 is 8.91 Å². The number of hydrogen-bond acceptors (Lipinski definition) is 4. The fraction of sp³-hybridized carbons (Fsp3) is 0.333. The van der Waals surface area contributed by atoms with E-state index < -0.39 is 0 Å². The third-order valence-corrected chi connectivity index (χ3v) is 4.96. The van der Waals surface area contributed by atoms with Crippen LogP contribution < -0.4 is 0 Å². The lowest BCUT2D eigenvalue weighted by molar-refractivity contribution is 0.189. The van der Waals surface area contributed by atoms with Gasteiger partial charge in [0.1, 0.15) is 5.82 Å². The third-order valence-electron chi connectivity index (χ3n) is 4.96. The van der Waals surface area contributed by atoms with E-state index in [9.17, 15) is 4.39 Å². The Bertz CT molecular complexity index is 832. The van der Waals surface area contributed by atoms with E-state index in [-0.39, 0.29) is 11.7 Å². The predicted molar refractivity (Wildman–Crippen MR) is 98.3 cm³/mol. The molecule has 3 aromatic rings. The van der Waals surface area contributed by atoms with E-state index in [0.717, 1.165) is 44.5 Å². The van der Waals surface area contributed by atoms with Crippen molar-refractivity contribution in [2.45, 2.75) is 25.2 Å². The SMILES string of the molecule is Fc1ccc(-c2noc(C3CCCN(CCc4ccccc4)C3)n2)cc1. The van der Waals surface area contributed by atoms with Crippen LogP contribution in [0.5, 0.6) is 0 Å². The van der Waals surface area contributed by atoms with Gasteiger partial charge in [-0.05, 0) is 55.6 Å². The number of likely N-dealkylation sites (tertiary alicyclic amines) is 1. The van der Waals surface area contributed by atoms with E-state index in [1.165, 1.54) is 17.7 Å². The summed E-state index contributed by atoms with van der Waals surface area (Å²) in [5.41, 5.74) is 2.14. The first-order valence-electron chi connectivity index (χ1n) is 9.14. The van der Waals surface area contributed by atoms with E-state index in [0.29, 0.717) is 11.7 Å². The molecule has 1 saturated heterocycles. The Morgan fingerprint density at radius 3 is 2.69 bits per heavy atom. The minimum atomic E-state index is -0.265. The van der Waals surface area contributed by atoms with Crippen LogP contribution in [-0.2, 0) is 6.42 Å². The highest BCUT2D eigenvalue weighted by Crippen LogP contribution is 2.27. The molecule has 1 fully saturated rings. The van der Waals surface area contributed by atoms with Crippen LogP contribution in [-0.4, -0.2) is 34.7 Å². The summed E-state index contributed by atoms with van der Waals surface area (Å²) in [6.45, 7) is 3.10. The molecule has 2 heterocycles. The molecule has 0 spiro atoms. The van der Waals surface area contributed by atoms with Crippen molar-refractivity contribution >= 4 is 0 Å². The summed E-state index contributed by atoms with van der Waals surface area (Å²) in [7, 11) is 0. The molecule has 134 valence electrons. The normalized spacial score (nSPS) is 18.1. The van der Waals surface area contributed by atoms with Gasteiger partial charge in [-0.1, -0.05) is 35.5 Å². The molecule has 0 saturated carbocycles. The fourth-order valence-corrected chi connectivity index (χ4v) is 3.51. The number of piperidine rings is 1. The van der Waals surface area contributed by atoms with Gasteiger partial charge in [-0.25, -0.2) is 4.39 Å². The van der Waals surface area contributed by atoms with Crippen LogP contribution in [0.4, 0.5) is 4.39 Å². The van der Waals surface area contributed by atoms with Gasteiger partial charge in [0, 0.05) is 18.7 Å². The molecular weight excluding hydrogens is 329 g/mol. The molecule has 0 radical (unpaired) electrons. The topological polar surface area (TPSA) is 42.2 Å². The van der Waals surface area contributed by atoms with Crippen LogP contribution >= 0.6 is 0 Å². The molecule has 5 heteroatoms. The van der Waals surface area contributed by atoms with Gasteiger partial charge in [0.25, 0.3) is 0 Å². The zero-order chi connectivity index (χ0) is 17.8. The first-order chi connectivity index (χ1) is 12.8. The molecule has 2 aromatic carbocycles. The van der Waals surface area contributed by atoms with Gasteiger partial charge in [0.2, 0.25) is 11.7 Å². The van der Waals surface area contributed by atoms with E-state index in [1.54, 1.807) is 12.1 Å². The van der Waals surface area contributed by atoms with Crippen molar-refractivity contribution in [1.82, 2.24) is 15.0 Å². The number of benzene rings is 2. The molecule has 1 aliphatic rings. The number of halogens is 1. The Morgan fingerprint density at radius 2 is 1.88 bits per heavy atom. The molecule has 1 aliphatic heterocycles. The summed E-state index contributed by atoms with van der Waals surface area (Å²) in [6.07, 6.45) is 3.25. The summed E-state index contributed by atoms with van der Waals surface area (Å²) < 4.78 is 18.6. The van der Waals surface area contributed by atoms with Crippen LogP contribution in [0.25, 0.3) is 11.4 Å². The molecule has 1 aromatic heterocycles. The van der Waals surface area contributed by atoms with Crippen molar-refractivity contribution in [3.63, 3.8) is 0 Å². The summed E-state index contributed by atoms with van der Waals surface area (Å²) in [6, 6.07) is 16.8. The van der Waals surface area contributed by atoms with Gasteiger partial charge in [0.05, 0.1) is 5.92 Å². The first-order valence-corrected chi connectivity index (χ1v) is 9.14. The lowest BCUT2D eigenvalue weighted by atomic mass is 9.97. The largest absolute Gasteiger partial charge is 0.339 e. The molecule has 0 N–H and O–H groups in total. The van der Waals surface area contributed by atoms with Crippen LogP contribution in [0.3, 0.4) is 0 Å². The highest BCUT2D eigenvalue weighted by molar-refractivity contribution is 5.53. The summed E-state index contributed by atoms with van der Waals surface area (Å²) in [4.78, 5) is 7.03. The van der Waals surface area contributed by atoms with E-state index in [2.05, 4.69) is 45.4 Å². The number of nitrogens with zero attached hydrogens (tertiary/aromatic N) is 3. The second kappa shape index (κ2) is 7.79. The highest BCUT2D eigenvalue weighted by atomic mass is 19.1. The predicted octanol–water partition coefficient (Wildman–Crippen LogP) is 4.30. The third kappa shape index (κ3) is 3.99. The van der Waals surface area contributed by atoms with Crippen molar-refractivity contribution in [3.05, 3.63) is 71.9 Å². The maximum absolute atomic E-state index is 13.1. The van der Waals surface area contributed by atoms with Crippen LogP contribution in [0.2, 0.25) is 0 Å². The summed E-state index contributed by atoms with van der Waals surface area (Å²) in [5, 5.41) is 4.08. The fourth-order valence-electron chi connectivity index (χ4n) is 3.51. The van der Waals surface area contributed by atoms with Crippen LogP contribution in [0.15, 0.2) is 59.1 Å². The Morgan fingerprint density at radius 1 is 1.08 bits per heavy atom. The van der Waals surface area contributed by atoms with E-state index in [1.807, 2.05) is 0 Å². The number of hydrogen-bond donors (Lipinski definition) is 0. The average molecular weight is 351 g/mol. The zero-order valence-electron chi connectivity index (χ0n) is 14.6. The molecule has 1 unspecified atom stereocenters. The smallest absolute Gasteiger partial charge is 0.231 e. The minimum absolute atomic E-state index is 0.265. The maximum atomic E-state index is 13.1. The molecular formula is C21H22FN3O. The van der Waals surface area contributed by atoms with Crippen molar-refractivity contribution in [2.75, 3.05) is 19.6 Å². The molecule has 0 amide bonds. The second-order valence-corrected chi connectivity index (χ2v) is 6.84. The molecule has 26 heavy (non-hydrogen) atoms. The lowest BCUT2D eigenvalue weighted by Crippen LogP contribution is -2.35. The standard InChI is InChI=1S/C21H22FN3O/c22-19-10-8-17(9-11-19)20-23-21(26-24-20)18-7-4-13-25(15-18)14-12-16-5-2-1-3-6-16/h1-3,5-6,8-11,18H,4,7,12-15H2. The molecule has 0 bridgehead atoms. The van der Waals surface area contributed by atoms with Crippen molar-refractivity contribution in [1.29, 1.82) is 0 Å². The van der Waals surface area contributed by atoms with Crippen molar-refractivity contribution in [3.8, 4) is 11.4 Å². The Balaban J connectivity index is 1.39. The highest BCUT2D eigenvalue weighted by Gasteiger charge is 2.26. The number of aromatic nitrogens is 2. The van der Waals surface area contributed by atoms with Gasteiger partial charge in [-0.2, -0.15) is 4.98 Å². The quantitative estimate of drug-likeness (QED) is 0.687. The van der Waals surface area contributed by atoms with Crippen LogP contribution in [0, 0.1) is 5.82 Å². The van der Waals surface area contributed by atoms with E-state index >= 15 is 0 Å². The van der Waals surface area contributed by atoms with Gasteiger partial charge < -0.3 is 9.42 Å². The lowest BCUT2D eigenvalue weighted by Gasteiger charge is -2.30. The van der Waals surface area contributed by atoms with Gasteiger partial charge >= 0.3 is 0 Å². The van der Waals surface area contributed by atoms with Gasteiger partial charge in [-0.15, -0.1) is 0 Å². The minimum Gasteiger partial charge on any atom is -0.339 e. The van der Waals surface area contributed by atoms with Gasteiger partial charge in [0.15, 0.2) is 0 Å². The summed E-state index contributed by atoms with van der Waals surface area (Å²) >= 11 is 0. The Labute approximate surface area is 152 Å². The monoisotopic (exact) mass is 351 g/mol. The summed E-state index contributed by atoms with van der Waals surface area (Å²) in [5.74, 6) is 1.22. The zero-order valence-corrected chi connectivity index (χ0v) is 14.6. The maximum Gasteiger partial charge on any atom is 0.231 e. The van der Waals surface area contributed by atoms with Gasteiger partial charge in [-0.3, -0.25) is 0 Å². The Kier molecular flexibility index (Phi) is 5.07.